The van der Waals surface area contributed by atoms with Crippen LogP contribution in [-0.2, 0) is 6.54 Å². The molecular weight excluding hydrogens is 208 g/mol. The van der Waals surface area contributed by atoms with Crippen molar-refractivity contribution in [2.45, 2.75) is 40.3 Å². The lowest BCUT2D eigenvalue weighted by Gasteiger charge is -2.14. The van der Waals surface area contributed by atoms with Gasteiger partial charge in [0.2, 0.25) is 0 Å². The molecule has 1 rings (SSSR count). The standard InChI is InChI=1S/C11H20N2OS/c1-7(2)10(14)5-12-6-11-8(3)13-9(4)15-11/h7,10,12,14H,5-6H2,1-4H3. The molecule has 1 unspecified atom stereocenters. The number of thiazole rings is 1. The van der Waals surface area contributed by atoms with E-state index in [0.717, 1.165) is 17.2 Å². The molecule has 0 aliphatic heterocycles. The van der Waals surface area contributed by atoms with Crippen molar-refractivity contribution in [3.63, 3.8) is 0 Å². The minimum Gasteiger partial charge on any atom is -0.392 e. The highest BCUT2D eigenvalue weighted by Crippen LogP contribution is 2.16. The Labute approximate surface area is 95.6 Å². The maximum atomic E-state index is 9.60. The fourth-order valence-corrected chi connectivity index (χ4v) is 2.21. The van der Waals surface area contributed by atoms with E-state index in [-0.39, 0.29) is 6.10 Å². The van der Waals surface area contributed by atoms with Gasteiger partial charge in [0.05, 0.1) is 16.8 Å². The van der Waals surface area contributed by atoms with Gasteiger partial charge < -0.3 is 10.4 Å². The Bertz CT molecular complexity index is 310. The predicted octanol–water partition coefficient (Wildman–Crippen LogP) is 1.87. The fraction of sp³-hybridized carbons (Fsp3) is 0.727. The molecular formula is C11H20N2OS. The fourth-order valence-electron chi connectivity index (χ4n) is 1.31. The van der Waals surface area contributed by atoms with E-state index >= 15 is 0 Å². The highest BCUT2D eigenvalue weighted by Gasteiger charge is 2.09. The van der Waals surface area contributed by atoms with E-state index in [1.54, 1.807) is 11.3 Å². The first-order chi connectivity index (χ1) is 7.00. The summed E-state index contributed by atoms with van der Waals surface area (Å²) in [7, 11) is 0. The summed E-state index contributed by atoms with van der Waals surface area (Å²) in [6.07, 6.45) is -0.265. The van der Waals surface area contributed by atoms with Gasteiger partial charge >= 0.3 is 0 Å². The van der Waals surface area contributed by atoms with Crippen LogP contribution in [0.4, 0.5) is 0 Å². The zero-order chi connectivity index (χ0) is 11.4. The molecule has 0 radical (unpaired) electrons. The first-order valence-electron chi connectivity index (χ1n) is 5.32. The maximum Gasteiger partial charge on any atom is 0.0900 e. The van der Waals surface area contributed by atoms with E-state index in [1.165, 1.54) is 4.88 Å². The minimum absolute atomic E-state index is 0.265. The van der Waals surface area contributed by atoms with E-state index in [9.17, 15) is 5.11 Å². The summed E-state index contributed by atoms with van der Waals surface area (Å²) in [4.78, 5) is 5.63. The number of aromatic nitrogens is 1. The van der Waals surface area contributed by atoms with Gasteiger partial charge in [-0.1, -0.05) is 13.8 Å². The maximum absolute atomic E-state index is 9.60. The summed E-state index contributed by atoms with van der Waals surface area (Å²) >= 11 is 1.72. The van der Waals surface area contributed by atoms with Crippen molar-refractivity contribution in [3.8, 4) is 0 Å². The number of nitrogens with zero attached hydrogens (tertiary/aromatic N) is 1. The molecule has 0 fully saturated rings. The molecule has 3 nitrogen and oxygen atoms in total. The van der Waals surface area contributed by atoms with Crippen LogP contribution in [-0.4, -0.2) is 22.7 Å². The molecule has 0 aliphatic rings. The Hall–Kier alpha value is -0.450. The number of rotatable bonds is 5. The van der Waals surface area contributed by atoms with Crippen molar-refractivity contribution < 1.29 is 5.11 Å². The van der Waals surface area contributed by atoms with Crippen LogP contribution >= 0.6 is 11.3 Å². The Morgan fingerprint density at radius 3 is 2.53 bits per heavy atom. The molecule has 0 amide bonds. The van der Waals surface area contributed by atoms with Gasteiger partial charge in [-0.05, 0) is 19.8 Å². The first kappa shape index (κ1) is 12.6. The lowest BCUT2D eigenvalue weighted by atomic mass is 10.1. The molecule has 1 atom stereocenters. The van der Waals surface area contributed by atoms with Gasteiger partial charge in [-0.25, -0.2) is 4.98 Å². The van der Waals surface area contributed by atoms with Crippen LogP contribution in [0.5, 0.6) is 0 Å². The number of hydrogen-bond donors (Lipinski definition) is 2. The van der Waals surface area contributed by atoms with Gasteiger partial charge in [0.1, 0.15) is 0 Å². The molecule has 4 heteroatoms. The Balaban J connectivity index is 2.35. The number of aliphatic hydroxyl groups is 1. The molecule has 86 valence electrons. The van der Waals surface area contributed by atoms with Crippen LogP contribution in [0, 0.1) is 19.8 Å². The summed E-state index contributed by atoms with van der Waals surface area (Å²) in [5.41, 5.74) is 1.10. The monoisotopic (exact) mass is 228 g/mol. The smallest absolute Gasteiger partial charge is 0.0900 e. The molecule has 0 aromatic carbocycles. The number of aliphatic hydroxyl groups excluding tert-OH is 1. The van der Waals surface area contributed by atoms with E-state index in [2.05, 4.69) is 10.3 Å². The summed E-state index contributed by atoms with van der Waals surface area (Å²) in [6, 6.07) is 0. The van der Waals surface area contributed by atoms with Crippen LogP contribution in [0.2, 0.25) is 0 Å². The van der Waals surface area contributed by atoms with Crippen molar-refractivity contribution in [1.82, 2.24) is 10.3 Å². The average molecular weight is 228 g/mol. The van der Waals surface area contributed by atoms with Gasteiger partial charge in [0.25, 0.3) is 0 Å². The molecule has 0 bridgehead atoms. The summed E-state index contributed by atoms with van der Waals surface area (Å²) in [5, 5.41) is 14.0. The molecule has 0 spiro atoms. The molecule has 1 aromatic heterocycles. The zero-order valence-corrected chi connectivity index (χ0v) is 10.7. The Morgan fingerprint density at radius 1 is 1.40 bits per heavy atom. The highest BCUT2D eigenvalue weighted by molar-refractivity contribution is 7.11. The third-order valence-electron chi connectivity index (χ3n) is 2.41. The van der Waals surface area contributed by atoms with Crippen molar-refractivity contribution in [2.75, 3.05) is 6.54 Å². The van der Waals surface area contributed by atoms with E-state index < -0.39 is 0 Å². The predicted molar refractivity (Wildman–Crippen MR) is 64.1 cm³/mol. The largest absolute Gasteiger partial charge is 0.392 e. The molecule has 15 heavy (non-hydrogen) atoms. The molecule has 0 saturated carbocycles. The quantitative estimate of drug-likeness (QED) is 0.808. The molecule has 1 heterocycles. The molecule has 0 saturated heterocycles. The van der Waals surface area contributed by atoms with Crippen LogP contribution < -0.4 is 5.32 Å². The van der Waals surface area contributed by atoms with E-state index in [1.807, 2.05) is 27.7 Å². The minimum atomic E-state index is -0.265. The molecule has 1 aromatic rings. The van der Waals surface area contributed by atoms with Gasteiger partial charge in [-0.2, -0.15) is 0 Å². The van der Waals surface area contributed by atoms with E-state index in [4.69, 9.17) is 0 Å². The van der Waals surface area contributed by atoms with Gasteiger partial charge in [0.15, 0.2) is 0 Å². The normalized spacial score (nSPS) is 13.5. The van der Waals surface area contributed by atoms with Crippen LogP contribution in [0.15, 0.2) is 0 Å². The Kier molecular flexibility index (Phi) is 4.70. The first-order valence-corrected chi connectivity index (χ1v) is 6.14. The number of nitrogens with one attached hydrogen (secondary N) is 1. The van der Waals surface area contributed by atoms with Gasteiger partial charge in [-0.15, -0.1) is 11.3 Å². The summed E-state index contributed by atoms with van der Waals surface area (Å²) in [6.45, 7) is 9.54. The average Bonchev–Trinajstić information content (AvgIpc) is 2.45. The molecule has 0 aliphatic carbocycles. The summed E-state index contributed by atoms with van der Waals surface area (Å²) < 4.78 is 0. The second-order valence-electron chi connectivity index (χ2n) is 4.18. The van der Waals surface area contributed by atoms with Crippen molar-refractivity contribution >= 4 is 11.3 Å². The van der Waals surface area contributed by atoms with Crippen molar-refractivity contribution in [1.29, 1.82) is 0 Å². The summed E-state index contributed by atoms with van der Waals surface area (Å²) in [5.74, 6) is 0.307. The SMILES string of the molecule is Cc1nc(C)c(CNCC(O)C(C)C)s1. The van der Waals surface area contributed by atoms with Gasteiger partial charge in [-0.3, -0.25) is 0 Å². The Morgan fingerprint density at radius 2 is 2.07 bits per heavy atom. The lowest BCUT2D eigenvalue weighted by molar-refractivity contribution is 0.123. The van der Waals surface area contributed by atoms with E-state index in [0.29, 0.717) is 12.5 Å². The van der Waals surface area contributed by atoms with Crippen molar-refractivity contribution in [3.05, 3.63) is 15.6 Å². The van der Waals surface area contributed by atoms with Gasteiger partial charge in [0, 0.05) is 18.0 Å². The second kappa shape index (κ2) is 5.58. The topological polar surface area (TPSA) is 45.2 Å². The zero-order valence-electron chi connectivity index (χ0n) is 9.87. The second-order valence-corrected chi connectivity index (χ2v) is 5.47. The number of hydrogen-bond acceptors (Lipinski definition) is 4. The third kappa shape index (κ3) is 3.89. The van der Waals surface area contributed by atoms with Crippen LogP contribution in [0.25, 0.3) is 0 Å². The third-order valence-corrected chi connectivity index (χ3v) is 3.48. The van der Waals surface area contributed by atoms with Crippen LogP contribution in [0.3, 0.4) is 0 Å². The number of aryl methyl sites for hydroxylation is 2. The van der Waals surface area contributed by atoms with Crippen molar-refractivity contribution in [2.24, 2.45) is 5.92 Å². The molecule has 2 N–H and O–H groups in total. The lowest BCUT2D eigenvalue weighted by Crippen LogP contribution is -2.30. The highest BCUT2D eigenvalue weighted by atomic mass is 32.1. The van der Waals surface area contributed by atoms with Crippen LogP contribution in [0.1, 0.15) is 29.4 Å².